The van der Waals surface area contributed by atoms with Crippen molar-refractivity contribution in [3.05, 3.63) is 10.6 Å². The molecule has 1 aromatic heterocycles. The van der Waals surface area contributed by atoms with Gasteiger partial charge in [-0.1, -0.05) is 25.3 Å². The summed E-state index contributed by atoms with van der Waals surface area (Å²) in [5.74, 6) is -2.41. The van der Waals surface area contributed by atoms with Crippen LogP contribution in [-0.2, 0) is 15.0 Å². The van der Waals surface area contributed by atoms with Gasteiger partial charge in [-0.15, -0.1) is 5.10 Å². The van der Waals surface area contributed by atoms with E-state index in [-0.39, 0.29) is 23.1 Å². The molecule has 116 valence electrons. The summed E-state index contributed by atoms with van der Waals surface area (Å²) in [5.41, 5.74) is 5.11. The number of amides is 2. The quantitative estimate of drug-likeness (QED) is 0.690. The fourth-order valence-corrected chi connectivity index (χ4v) is 2.38. The second-order valence-electron chi connectivity index (χ2n) is 5.57. The number of rotatable bonds is 6. The number of carboxylic acid groups (broad SMARTS) is 1. The smallest absolute Gasteiger partial charge is 0.326 e. The monoisotopic (exact) mass is 314 g/mol. The van der Waals surface area contributed by atoms with Crippen LogP contribution in [0.15, 0.2) is 0 Å². The Kier molecular flexibility index (Phi) is 5.36. The van der Waals surface area contributed by atoms with E-state index in [9.17, 15) is 14.4 Å². The molecule has 1 atom stereocenters. The summed E-state index contributed by atoms with van der Waals surface area (Å²) in [6, 6.07) is -1.18. The molecule has 0 aliphatic rings. The zero-order valence-corrected chi connectivity index (χ0v) is 12.9. The predicted molar refractivity (Wildman–Crippen MR) is 75.9 cm³/mol. The molecule has 9 heteroatoms. The molecule has 1 aromatic rings. The highest BCUT2D eigenvalue weighted by Gasteiger charge is 2.29. The van der Waals surface area contributed by atoms with Crippen LogP contribution in [0.5, 0.6) is 0 Å². The van der Waals surface area contributed by atoms with Crippen molar-refractivity contribution in [2.75, 3.05) is 0 Å². The number of carboxylic acids is 1. The fraction of sp³-hybridized carbons (Fsp3) is 0.583. The van der Waals surface area contributed by atoms with Gasteiger partial charge in [0.25, 0.3) is 5.91 Å². The largest absolute Gasteiger partial charge is 0.480 e. The van der Waals surface area contributed by atoms with Gasteiger partial charge in [0.2, 0.25) is 5.91 Å². The van der Waals surface area contributed by atoms with Crippen LogP contribution >= 0.6 is 11.5 Å². The van der Waals surface area contributed by atoms with Gasteiger partial charge >= 0.3 is 5.97 Å². The summed E-state index contributed by atoms with van der Waals surface area (Å²) in [5, 5.41) is 15.4. The van der Waals surface area contributed by atoms with Crippen LogP contribution in [0.3, 0.4) is 0 Å². The van der Waals surface area contributed by atoms with E-state index >= 15 is 0 Å². The maximum absolute atomic E-state index is 12.2. The molecular weight excluding hydrogens is 296 g/mol. The van der Waals surface area contributed by atoms with Crippen LogP contribution in [-0.4, -0.2) is 38.5 Å². The van der Waals surface area contributed by atoms with E-state index in [0.29, 0.717) is 5.69 Å². The third-order valence-electron chi connectivity index (χ3n) is 2.69. The van der Waals surface area contributed by atoms with E-state index in [0.717, 1.165) is 11.5 Å². The minimum atomic E-state index is -1.22. The average molecular weight is 314 g/mol. The number of primary amides is 1. The molecule has 0 radical (unpaired) electrons. The molecule has 2 amide bonds. The van der Waals surface area contributed by atoms with Crippen molar-refractivity contribution in [2.24, 2.45) is 5.73 Å². The minimum absolute atomic E-state index is 0.0620. The molecule has 0 saturated heterocycles. The first-order valence-electron chi connectivity index (χ1n) is 6.27. The maximum Gasteiger partial charge on any atom is 0.326 e. The van der Waals surface area contributed by atoms with Crippen LogP contribution in [0.1, 0.15) is 49.0 Å². The van der Waals surface area contributed by atoms with Crippen LogP contribution in [0.25, 0.3) is 0 Å². The highest BCUT2D eigenvalue weighted by molar-refractivity contribution is 7.08. The number of aliphatic carboxylic acids is 1. The van der Waals surface area contributed by atoms with Crippen molar-refractivity contribution in [1.82, 2.24) is 14.9 Å². The molecule has 0 aromatic carbocycles. The topological polar surface area (TPSA) is 135 Å². The Labute approximate surface area is 125 Å². The standard InChI is InChI=1S/C12H18N4O4S/c1-12(2,3)9-8(21-16-15-9)10(18)14-6(11(19)20)4-5-7(13)17/h6H,4-5H2,1-3H3,(H2,13,17)(H,14,18)(H,19,20). The summed E-state index contributed by atoms with van der Waals surface area (Å²) in [7, 11) is 0. The lowest BCUT2D eigenvalue weighted by Gasteiger charge is -2.17. The highest BCUT2D eigenvalue weighted by Crippen LogP contribution is 2.25. The van der Waals surface area contributed by atoms with E-state index in [4.69, 9.17) is 10.8 Å². The average Bonchev–Trinajstić information content (AvgIpc) is 2.82. The number of hydrogen-bond acceptors (Lipinski definition) is 6. The van der Waals surface area contributed by atoms with E-state index < -0.39 is 23.8 Å². The second kappa shape index (κ2) is 6.61. The van der Waals surface area contributed by atoms with Gasteiger partial charge in [0.15, 0.2) is 0 Å². The van der Waals surface area contributed by atoms with Gasteiger partial charge in [-0.3, -0.25) is 9.59 Å². The first kappa shape index (κ1) is 17.0. The molecule has 0 bridgehead atoms. The summed E-state index contributed by atoms with van der Waals surface area (Å²) < 4.78 is 3.75. The van der Waals surface area contributed by atoms with Crippen LogP contribution < -0.4 is 11.1 Å². The summed E-state index contributed by atoms with van der Waals surface area (Å²) in [4.78, 5) is 34.3. The molecular formula is C12H18N4O4S. The molecule has 0 spiro atoms. The Morgan fingerprint density at radius 2 is 2.00 bits per heavy atom. The van der Waals surface area contributed by atoms with Crippen molar-refractivity contribution in [3.63, 3.8) is 0 Å². The Balaban J connectivity index is 2.86. The third-order valence-corrected chi connectivity index (χ3v) is 3.41. The van der Waals surface area contributed by atoms with Gasteiger partial charge in [0.05, 0.1) is 5.69 Å². The van der Waals surface area contributed by atoms with E-state index in [1.54, 1.807) is 0 Å². The molecule has 1 heterocycles. The molecule has 1 rings (SSSR count). The van der Waals surface area contributed by atoms with Crippen LogP contribution in [0.4, 0.5) is 0 Å². The van der Waals surface area contributed by atoms with Gasteiger partial charge < -0.3 is 16.2 Å². The number of nitrogens with one attached hydrogen (secondary N) is 1. The Hall–Kier alpha value is -2.03. The number of carbonyl (C=O) groups is 3. The Morgan fingerprint density at radius 1 is 1.38 bits per heavy atom. The van der Waals surface area contributed by atoms with Gasteiger partial charge in [-0.2, -0.15) is 0 Å². The van der Waals surface area contributed by atoms with E-state index in [1.165, 1.54) is 0 Å². The normalized spacial score (nSPS) is 12.7. The summed E-state index contributed by atoms with van der Waals surface area (Å²) >= 11 is 0.905. The second-order valence-corrected chi connectivity index (χ2v) is 6.32. The number of nitrogens with two attached hydrogens (primary N) is 1. The van der Waals surface area contributed by atoms with Crippen molar-refractivity contribution < 1.29 is 19.5 Å². The lowest BCUT2D eigenvalue weighted by atomic mass is 9.91. The molecule has 0 fully saturated rings. The predicted octanol–water partition coefficient (Wildman–Crippen LogP) is 0.284. The number of hydrogen-bond donors (Lipinski definition) is 3. The molecule has 0 saturated carbocycles. The van der Waals surface area contributed by atoms with Crippen molar-refractivity contribution in [2.45, 2.75) is 45.1 Å². The minimum Gasteiger partial charge on any atom is -0.480 e. The first-order chi connectivity index (χ1) is 9.62. The number of aromatic nitrogens is 2. The lowest BCUT2D eigenvalue weighted by molar-refractivity contribution is -0.139. The summed E-state index contributed by atoms with van der Waals surface area (Å²) in [6.45, 7) is 5.63. The molecule has 0 aliphatic carbocycles. The molecule has 1 unspecified atom stereocenters. The number of nitrogens with zero attached hydrogens (tertiary/aromatic N) is 2. The molecule has 0 aliphatic heterocycles. The first-order valence-corrected chi connectivity index (χ1v) is 7.05. The lowest BCUT2D eigenvalue weighted by Crippen LogP contribution is -2.41. The highest BCUT2D eigenvalue weighted by atomic mass is 32.1. The van der Waals surface area contributed by atoms with Crippen LogP contribution in [0, 0.1) is 0 Å². The third kappa shape index (κ3) is 4.78. The van der Waals surface area contributed by atoms with Gasteiger partial charge in [-0.25, -0.2) is 4.79 Å². The van der Waals surface area contributed by atoms with Gasteiger partial charge in [-0.05, 0) is 18.0 Å². The van der Waals surface area contributed by atoms with Gasteiger partial charge in [0.1, 0.15) is 10.9 Å². The summed E-state index contributed by atoms with van der Waals surface area (Å²) in [6.07, 6.45) is -0.183. The number of carbonyl (C=O) groups excluding carboxylic acids is 2. The SMILES string of the molecule is CC(C)(C)c1nnsc1C(=O)NC(CCC(N)=O)C(=O)O. The maximum atomic E-state index is 12.2. The Morgan fingerprint density at radius 3 is 2.48 bits per heavy atom. The molecule has 21 heavy (non-hydrogen) atoms. The van der Waals surface area contributed by atoms with E-state index in [2.05, 4.69) is 14.9 Å². The van der Waals surface area contributed by atoms with Crippen LogP contribution in [0.2, 0.25) is 0 Å². The Bertz CT molecular complexity index is 550. The zero-order chi connectivity index (χ0) is 16.2. The van der Waals surface area contributed by atoms with Gasteiger partial charge in [0, 0.05) is 11.8 Å². The fourth-order valence-electron chi connectivity index (χ4n) is 1.60. The zero-order valence-electron chi connectivity index (χ0n) is 12.0. The molecule has 8 nitrogen and oxygen atoms in total. The van der Waals surface area contributed by atoms with Crippen molar-refractivity contribution >= 4 is 29.3 Å². The van der Waals surface area contributed by atoms with Crippen molar-refractivity contribution in [3.8, 4) is 0 Å². The molecule has 4 N–H and O–H groups in total. The van der Waals surface area contributed by atoms with E-state index in [1.807, 2.05) is 20.8 Å². The van der Waals surface area contributed by atoms with Crippen molar-refractivity contribution in [1.29, 1.82) is 0 Å².